The van der Waals surface area contributed by atoms with E-state index in [-0.39, 0.29) is 35.1 Å². The molecule has 0 spiro atoms. The van der Waals surface area contributed by atoms with Gasteiger partial charge in [0.2, 0.25) is 5.91 Å². The van der Waals surface area contributed by atoms with Crippen molar-refractivity contribution in [3.8, 4) is 0 Å². The molecule has 1 aromatic carbocycles. The predicted molar refractivity (Wildman–Crippen MR) is 85.3 cm³/mol. The van der Waals surface area contributed by atoms with E-state index in [1.54, 1.807) is 18.2 Å². The topological polar surface area (TPSA) is 54.5 Å². The van der Waals surface area contributed by atoms with Gasteiger partial charge < -0.3 is 0 Å². The first-order valence-electron chi connectivity index (χ1n) is 6.85. The molecule has 0 N–H and O–H groups in total. The van der Waals surface area contributed by atoms with Crippen LogP contribution in [0.3, 0.4) is 0 Å². The number of rotatable bonds is 2. The maximum absolute atomic E-state index is 12.7. The zero-order valence-corrected chi connectivity index (χ0v) is 15.1. The molecule has 0 saturated carbocycles. The van der Waals surface area contributed by atoms with Gasteiger partial charge in [0.15, 0.2) is 0 Å². The molecule has 0 bridgehead atoms. The smallest absolute Gasteiger partial charge is 0.267 e. The fraction of sp³-hybridized carbons (Fsp3) is 0.533. The molecule has 1 atom stereocenters. The zero-order valence-electron chi connectivity index (χ0n) is 12.7. The minimum atomic E-state index is -3.79. The van der Waals surface area contributed by atoms with Gasteiger partial charge in [0.25, 0.3) is 10.0 Å². The molecule has 1 unspecified atom stereocenters. The quantitative estimate of drug-likeness (QED) is 0.798. The van der Waals surface area contributed by atoms with Crippen LogP contribution in [0, 0.1) is 18.3 Å². The molecular weight excluding hydrogens is 354 g/mol. The highest BCUT2D eigenvalue weighted by atomic mass is 79.9. The molecule has 0 aromatic heterocycles. The molecule has 21 heavy (non-hydrogen) atoms. The van der Waals surface area contributed by atoms with Gasteiger partial charge in [-0.25, -0.2) is 12.7 Å². The monoisotopic (exact) mass is 373 g/mol. The summed E-state index contributed by atoms with van der Waals surface area (Å²) in [4.78, 5) is 12.3. The summed E-state index contributed by atoms with van der Waals surface area (Å²) in [5.74, 6) is -0.272. The van der Waals surface area contributed by atoms with Gasteiger partial charge in [0.1, 0.15) is 4.90 Å². The number of carbonyl (C=O) groups is 1. The molecule has 116 valence electrons. The maximum Gasteiger partial charge on any atom is 0.267 e. The van der Waals surface area contributed by atoms with E-state index in [2.05, 4.69) is 15.9 Å². The first-order chi connectivity index (χ1) is 9.53. The van der Waals surface area contributed by atoms with E-state index >= 15 is 0 Å². The summed E-state index contributed by atoms with van der Waals surface area (Å²) in [6, 6.07) is 5.03. The normalized spacial score (nSPS) is 20.1. The Labute approximate surface area is 134 Å². The first kappa shape index (κ1) is 16.5. The van der Waals surface area contributed by atoms with Crippen molar-refractivity contribution in [2.45, 2.75) is 39.0 Å². The minimum Gasteiger partial charge on any atom is -0.274 e. The highest BCUT2D eigenvalue weighted by Crippen LogP contribution is 2.37. The van der Waals surface area contributed by atoms with Gasteiger partial charge in [-0.3, -0.25) is 4.79 Å². The average Bonchev–Trinajstić information content (AvgIpc) is 2.71. The van der Waals surface area contributed by atoms with Crippen LogP contribution in [0.4, 0.5) is 0 Å². The van der Waals surface area contributed by atoms with Crippen LogP contribution in [-0.4, -0.2) is 25.2 Å². The number of hydrogen-bond acceptors (Lipinski definition) is 3. The molecule has 1 saturated heterocycles. The van der Waals surface area contributed by atoms with Crippen LogP contribution >= 0.6 is 15.9 Å². The molecule has 4 nitrogen and oxygen atoms in total. The van der Waals surface area contributed by atoms with Gasteiger partial charge in [0, 0.05) is 17.4 Å². The van der Waals surface area contributed by atoms with E-state index in [9.17, 15) is 13.2 Å². The van der Waals surface area contributed by atoms with Crippen molar-refractivity contribution in [1.82, 2.24) is 4.31 Å². The summed E-state index contributed by atoms with van der Waals surface area (Å²) in [5, 5.41) is 0. The molecule has 1 aliphatic rings. The molecular formula is C15H20BrNO3S. The highest BCUT2D eigenvalue weighted by Gasteiger charge is 2.43. The highest BCUT2D eigenvalue weighted by molar-refractivity contribution is 9.10. The number of carbonyl (C=O) groups excluding carboxylic acids is 1. The second-order valence-corrected chi connectivity index (χ2v) is 9.32. The average molecular weight is 374 g/mol. The van der Waals surface area contributed by atoms with Crippen LogP contribution in [-0.2, 0) is 14.8 Å². The van der Waals surface area contributed by atoms with E-state index in [1.807, 2.05) is 27.7 Å². The minimum absolute atomic E-state index is 0.0454. The number of sulfonamides is 1. The third-order valence-electron chi connectivity index (χ3n) is 3.97. The third-order valence-corrected chi connectivity index (χ3v) is 6.73. The van der Waals surface area contributed by atoms with Crippen LogP contribution in [0.5, 0.6) is 0 Å². The molecule has 0 radical (unpaired) electrons. The number of benzene rings is 1. The van der Waals surface area contributed by atoms with Crippen LogP contribution in [0.2, 0.25) is 0 Å². The Bertz CT molecular complexity index is 677. The summed E-state index contributed by atoms with van der Waals surface area (Å²) in [6.07, 6.45) is 0.284. The van der Waals surface area contributed by atoms with Crippen molar-refractivity contribution in [3.63, 3.8) is 0 Å². The van der Waals surface area contributed by atoms with Gasteiger partial charge in [-0.2, -0.15) is 0 Å². The summed E-state index contributed by atoms with van der Waals surface area (Å²) < 4.78 is 27.0. The summed E-state index contributed by atoms with van der Waals surface area (Å²) >= 11 is 3.29. The molecule has 1 amide bonds. The van der Waals surface area contributed by atoms with Crippen molar-refractivity contribution >= 4 is 31.9 Å². The summed E-state index contributed by atoms with van der Waals surface area (Å²) in [7, 11) is -3.79. The third kappa shape index (κ3) is 3.16. The fourth-order valence-electron chi connectivity index (χ4n) is 2.43. The molecule has 1 aliphatic heterocycles. The van der Waals surface area contributed by atoms with Crippen molar-refractivity contribution in [1.29, 1.82) is 0 Å². The van der Waals surface area contributed by atoms with Gasteiger partial charge in [-0.15, -0.1) is 0 Å². The maximum atomic E-state index is 12.7. The second-order valence-electron chi connectivity index (χ2n) is 6.63. The van der Waals surface area contributed by atoms with Crippen molar-refractivity contribution in [3.05, 3.63) is 28.2 Å². The van der Waals surface area contributed by atoms with Crippen molar-refractivity contribution in [2.75, 3.05) is 6.54 Å². The SMILES string of the molecule is Cc1ccc(S(=O)(=O)N2CC(C(C)(C)C)CC2=O)c(Br)c1. The van der Waals surface area contributed by atoms with Crippen LogP contribution < -0.4 is 0 Å². The Balaban J connectivity index is 2.39. The van der Waals surface area contributed by atoms with Gasteiger partial charge in [-0.1, -0.05) is 26.8 Å². The van der Waals surface area contributed by atoms with Gasteiger partial charge >= 0.3 is 0 Å². The lowest BCUT2D eigenvalue weighted by Crippen LogP contribution is -2.33. The largest absolute Gasteiger partial charge is 0.274 e. The lowest BCUT2D eigenvalue weighted by Gasteiger charge is -2.26. The lowest BCUT2D eigenvalue weighted by molar-refractivity contribution is -0.123. The predicted octanol–water partition coefficient (Wildman–Crippen LogP) is 3.34. The number of halogens is 1. The summed E-state index contributed by atoms with van der Waals surface area (Å²) in [5.41, 5.74) is 0.867. The zero-order chi connectivity index (χ0) is 16.0. The van der Waals surface area contributed by atoms with E-state index in [0.29, 0.717) is 4.47 Å². The van der Waals surface area contributed by atoms with E-state index in [4.69, 9.17) is 0 Å². The number of amides is 1. The number of nitrogens with zero attached hydrogens (tertiary/aromatic N) is 1. The Morgan fingerprint density at radius 3 is 2.38 bits per heavy atom. The Morgan fingerprint density at radius 2 is 1.90 bits per heavy atom. The Hall–Kier alpha value is -0.880. The summed E-state index contributed by atoms with van der Waals surface area (Å²) in [6.45, 7) is 8.23. The molecule has 1 aromatic rings. The Kier molecular flexibility index (Phi) is 4.23. The van der Waals surface area contributed by atoms with Crippen LogP contribution in [0.25, 0.3) is 0 Å². The number of aryl methyl sites for hydroxylation is 1. The first-order valence-corrected chi connectivity index (χ1v) is 9.08. The van der Waals surface area contributed by atoms with Crippen molar-refractivity contribution in [2.24, 2.45) is 11.3 Å². The molecule has 0 aliphatic carbocycles. The van der Waals surface area contributed by atoms with Crippen LogP contribution in [0.1, 0.15) is 32.8 Å². The Morgan fingerprint density at radius 1 is 1.29 bits per heavy atom. The lowest BCUT2D eigenvalue weighted by atomic mass is 9.80. The van der Waals surface area contributed by atoms with Crippen molar-refractivity contribution < 1.29 is 13.2 Å². The molecule has 2 rings (SSSR count). The van der Waals surface area contributed by atoms with Gasteiger partial charge in [-0.05, 0) is 51.9 Å². The standard InChI is InChI=1S/C15H20BrNO3S/c1-10-5-6-13(12(16)7-10)21(19,20)17-9-11(8-14(17)18)15(2,3)4/h5-7,11H,8-9H2,1-4H3. The molecule has 1 heterocycles. The number of hydrogen-bond donors (Lipinski definition) is 0. The van der Waals surface area contributed by atoms with E-state index < -0.39 is 10.0 Å². The second kappa shape index (κ2) is 5.39. The van der Waals surface area contributed by atoms with Crippen LogP contribution in [0.15, 0.2) is 27.6 Å². The van der Waals surface area contributed by atoms with Gasteiger partial charge in [0.05, 0.1) is 0 Å². The van der Waals surface area contributed by atoms with E-state index in [0.717, 1.165) is 9.87 Å². The molecule has 6 heteroatoms. The molecule has 1 fully saturated rings. The van der Waals surface area contributed by atoms with E-state index in [1.165, 1.54) is 0 Å². The fourth-order valence-corrected chi connectivity index (χ4v) is 5.03.